The van der Waals surface area contributed by atoms with Crippen LogP contribution >= 0.6 is 0 Å². The molecule has 0 bridgehead atoms. The lowest BCUT2D eigenvalue weighted by atomic mass is 9.96. The second-order valence-electron chi connectivity index (χ2n) is 2.92. The Morgan fingerprint density at radius 2 is 2.15 bits per heavy atom. The number of amides is 1. The number of hydrogen-bond donors (Lipinski definition) is 2. The van der Waals surface area contributed by atoms with Crippen LogP contribution in [0.15, 0.2) is 30.5 Å². The van der Waals surface area contributed by atoms with Gasteiger partial charge >= 0.3 is 0 Å². The fourth-order valence-corrected chi connectivity index (χ4v) is 1.50. The predicted octanol–water partition coefficient (Wildman–Crippen LogP) is 0.616. The third-order valence-electron chi connectivity index (χ3n) is 2.16. The molecule has 13 heavy (non-hydrogen) atoms. The fraction of sp³-hybridized carbons (Fsp3) is 0.100. The van der Waals surface area contributed by atoms with Crippen LogP contribution in [0.3, 0.4) is 0 Å². The first-order chi connectivity index (χ1) is 6.33. The SMILES string of the molecule is N/C=C1/C(=O)NCc2ccccc21. The van der Waals surface area contributed by atoms with Crippen LogP contribution in [0.5, 0.6) is 0 Å². The highest BCUT2D eigenvalue weighted by molar-refractivity contribution is 6.20. The molecule has 66 valence electrons. The average Bonchev–Trinajstić information content (AvgIpc) is 2.18. The monoisotopic (exact) mass is 174 g/mol. The molecule has 0 unspecified atom stereocenters. The van der Waals surface area contributed by atoms with Crippen LogP contribution in [0.1, 0.15) is 11.1 Å². The number of nitrogens with two attached hydrogens (primary N) is 1. The minimum atomic E-state index is -0.0961. The standard InChI is InChI=1S/C10H10N2O/c11-5-9-8-4-2-1-3-7(8)6-12-10(9)13/h1-5H,6,11H2,(H,12,13)/b9-5+. The number of carbonyl (C=O) groups is 1. The van der Waals surface area contributed by atoms with Gasteiger partial charge in [0.25, 0.3) is 5.91 Å². The van der Waals surface area contributed by atoms with Crippen LogP contribution in [0.2, 0.25) is 0 Å². The average molecular weight is 174 g/mol. The lowest BCUT2D eigenvalue weighted by molar-refractivity contribution is -0.116. The summed E-state index contributed by atoms with van der Waals surface area (Å²) in [4.78, 5) is 11.3. The van der Waals surface area contributed by atoms with Gasteiger partial charge in [0, 0.05) is 12.7 Å². The Bertz CT molecular complexity index is 382. The number of carbonyl (C=O) groups excluding carboxylic acids is 1. The summed E-state index contributed by atoms with van der Waals surface area (Å²) in [5.41, 5.74) is 7.99. The van der Waals surface area contributed by atoms with E-state index in [4.69, 9.17) is 5.73 Å². The van der Waals surface area contributed by atoms with Gasteiger partial charge in [-0.05, 0) is 11.1 Å². The second kappa shape index (κ2) is 2.94. The van der Waals surface area contributed by atoms with Crippen LogP contribution in [0.4, 0.5) is 0 Å². The summed E-state index contributed by atoms with van der Waals surface area (Å²) in [5, 5.41) is 2.75. The number of nitrogens with one attached hydrogen (secondary N) is 1. The highest BCUT2D eigenvalue weighted by Crippen LogP contribution is 2.22. The Hall–Kier alpha value is -1.77. The summed E-state index contributed by atoms with van der Waals surface area (Å²) >= 11 is 0. The predicted molar refractivity (Wildman–Crippen MR) is 50.5 cm³/mol. The molecule has 0 aromatic heterocycles. The van der Waals surface area contributed by atoms with Crippen molar-refractivity contribution < 1.29 is 4.79 Å². The minimum Gasteiger partial charge on any atom is -0.404 e. The van der Waals surface area contributed by atoms with Crippen molar-refractivity contribution in [3.63, 3.8) is 0 Å². The van der Waals surface area contributed by atoms with E-state index in [2.05, 4.69) is 5.32 Å². The minimum absolute atomic E-state index is 0.0961. The van der Waals surface area contributed by atoms with Gasteiger partial charge in [0.2, 0.25) is 0 Å². The van der Waals surface area contributed by atoms with E-state index >= 15 is 0 Å². The van der Waals surface area contributed by atoms with E-state index in [0.29, 0.717) is 12.1 Å². The van der Waals surface area contributed by atoms with E-state index in [1.165, 1.54) is 6.20 Å². The summed E-state index contributed by atoms with van der Waals surface area (Å²) in [6.07, 6.45) is 1.35. The molecule has 3 nitrogen and oxygen atoms in total. The van der Waals surface area contributed by atoms with Gasteiger partial charge in [-0.3, -0.25) is 4.79 Å². The molecule has 1 aromatic rings. The summed E-state index contributed by atoms with van der Waals surface area (Å²) in [7, 11) is 0. The van der Waals surface area contributed by atoms with Gasteiger partial charge in [-0.1, -0.05) is 24.3 Å². The molecule has 0 radical (unpaired) electrons. The molecule has 1 heterocycles. The van der Waals surface area contributed by atoms with E-state index in [1.54, 1.807) is 0 Å². The van der Waals surface area contributed by atoms with Gasteiger partial charge in [-0.15, -0.1) is 0 Å². The zero-order valence-corrected chi connectivity index (χ0v) is 7.08. The molecule has 0 fully saturated rings. The summed E-state index contributed by atoms with van der Waals surface area (Å²) in [6, 6.07) is 7.75. The van der Waals surface area contributed by atoms with Gasteiger partial charge in [0.15, 0.2) is 0 Å². The fourth-order valence-electron chi connectivity index (χ4n) is 1.50. The van der Waals surface area contributed by atoms with Gasteiger partial charge in [-0.2, -0.15) is 0 Å². The number of fused-ring (bicyclic) bond motifs is 1. The third kappa shape index (κ3) is 1.18. The highest BCUT2D eigenvalue weighted by Gasteiger charge is 2.19. The Morgan fingerprint density at radius 1 is 1.38 bits per heavy atom. The zero-order chi connectivity index (χ0) is 9.26. The van der Waals surface area contributed by atoms with Crippen molar-refractivity contribution in [3.8, 4) is 0 Å². The molecular weight excluding hydrogens is 164 g/mol. The lowest BCUT2D eigenvalue weighted by Crippen LogP contribution is -2.29. The van der Waals surface area contributed by atoms with Crippen LogP contribution < -0.4 is 11.1 Å². The Labute approximate surface area is 76.2 Å². The van der Waals surface area contributed by atoms with Gasteiger partial charge < -0.3 is 11.1 Å². The van der Waals surface area contributed by atoms with E-state index in [-0.39, 0.29) is 5.91 Å². The van der Waals surface area contributed by atoms with Crippen molar-refractivity contribution in [2.75, 3.05) is 0 Å². The number of rotatable bonds is 0. The molecule has 0 spiro atoms. The molecule has 3 heteroatoms. The molecular formula is C10H10N2O. The number of benzene rings is 1. The maximum absolute atomic E-state index is 11.3. The van der Waals surface area contributed by atoms with Crippen molar-refractivity contribution in [2.45, 2.75) is 6.54 Å². The van der Waals surface area contributed by atoms with Crippen molar-refractivity contribution in [2.24, 2.45) is 5.73 Å². The van der Waals surface area contributed by atoms with Gasteiger partial charge in [0.05, 0.1) is 5.57 Å². The second-order valence-corrected chi connectivity index (χ2v) is 2.92. The molecule has 1 aliphatic heterocycles. The molecule has 1 aromatic carbocycles. The Balaban J connectivity index is 2.58. The van der Waals surface area contributed by atoms with Gasteiger partial charge in [-0.25, -0.2) is 0 Å². The first-order valence-corrected chi connectivity index (χ1v) is 4.11. The quantitative estimate of drug-likeness (QED) is 0.566. The molecule has 0 saturated carbocycles. The maximum atomic E-state index is 11.3. The lowest BCUT2D eigenvalue weighted by Gasteiger charge is -2.18. The van der Waals surface area contributed by atoms with Crippen LogP contribution in [0, 0.1) is 0 Å². The molecule has 1 amide bonds. The van der Waals surface area contributed by atoms with Crippen LogP contribution in [0.25, 0.3) is 5.57 Å². The summed E-state index contributed by atoms with van der Waals surface area (Å²) < 4.78 is 0. The molecule has 0 aliphatic carbocycles. The molecule has 1 aliphatic rings. The van der Waals surface area contributed by atoms with Crippen LogP contribution in [-0.2, 0) is 11.3 Å². The van der Waals surface area contributed by atoms with Crippen molar-refractivity contribution in [1.82, 2.24) is 5.32 Å². The number of hydrogen-bond acceptors (Lipinski definition) is 2. The van der Waals surface area contributed by atoms with Gasteiger partial charge in [0.1, 0.15) is 0 Å². The van der Waals surface area contributed by atoms with Crippen LogP contribution in [-0.4, -0.2) is 5.91 Å². The summed E-state index contributed by atoms with van der Waals surface area (Å²) in [6.45, 7) is 0.590. The first kappa shape index (κ1) is 7.86. The normalized spacial score (nSPS) is 18.2. The molecule has 3 N–H and O–H groups in total. The largest absolute Gasteiger partial charge is 0.404 e. The van der Waals surface area contributed by atoms with E-state index in [9.17, 15) is 4.79 Å². The van der Waals surface area contributed by atoms with E-state index in [0.717, 1.165) is 11.1 Å². The van der Waals surface area contributed by atoms with Crippen molar-refractivity contribution >= 4 is 11.5 Å². The summed E-state index contributed by atoms with van der Waals surface area (Å²) in [5.74, 6) is -0.0961. The smallest absolute Gasteiger partial charge is 0.253 e. The Kier molecular flexibility index (Phi) is 1.77. The first-order valence-electron chi connectivity index (χ1n) is 4.11. The third-order valence-corrected chi connectivity index (χ3v) is 2.16. The molecule has 0 saturated heterocycles. The highest BCUT2D eigenvalue weighted by atomic mass is 16.1. The zero-order valence-electron chi connectivity index (χ0n) is 7.08. The molecule has 0 atom stereocenters. The topological polar surface area (TPSA) is 55.1 Å². The van der Waals surface area contributed by atoms with E-state index in [1.807, 2.05) is 24.3 Å². The van der Waals surface area contributed by atoms with Crippen molar-refractivity contribution in [1.29, 1.82) is 0 Å². The van der Waals surface area contributed by atoms with E-state index < -0.39 is 0 Å². The Morgan fingerprint density at radius 3 is 2.92 bits per heavy atom. The van der Waals surface area contributed by atoms with Crippen molar-refractivity contribution in [3.05, 3.63) is 41.6 Å². The maximum Gasteiger partial charge on any atom is 0.253 e. The molecule has 2 rings (SSSR count).